The average Bonchev–Trinajstić information content (AvgIpc) is 3.30. The molecule has 0 amide bonds. The van der Waals surface area contributed by atoms with Crippen molar-refractivity contribution in [2.24, 2.45) is 0 Å². The third-order valence-electron chi connectivity index (χ3n) is 13.3. The number of unbranched alkanes of at least 4 members (excludes halogenated alkanes) is 38. The SMILES string of the molecule is CCCCCCCCCC/C=C\CCCCCCCCCCCCCCCCCCCCCCCCCC(=O)OC(COC(=O)CCCCCCCCCC)COC(OCC[N+](C)(C)C)C(=O)O. The third kappa shape index (κ3) is 51.9. The van der Waals surface area contributed by atoms with E-state index in [0.717, 1.165) is 38.5 Å². The van der Waals surface area contributed by atoms with Crippen molar-refractivity contribution in [2.45, 2.75) is 302 Å². The van der Waals surface area contributed by atoms with E-state index in [0.29, 0.717) is 17.4 Å². The molecule has 0 aliphatic rings. The van der Waals surface area contributed by atoms with E-state index in [1.165, 1.54) is 225 Å². The number of aliphatic carboxylic acids is 1. The normalized spacial score (nSPS) is 12.8. The van der Waals surface area contributed by atoms with Gasteiger partial charge in [0.1, 0.15) is 13.2 Å². The molecule has 0 aliphatic carbocycles. The summed E-state index contributed by atoms with van der Waals surface area (Å²) in [6, 6.07) is 0. The Balaban J connectivity index is 3.88. The second kappa shape index (κ2) is 51.4. The number of quaternary nitrogens is 1. The first-order chi connectivity index (χ1) is 33.1. The van der Waals surface area contributed by atoms with Crippen LogP contribution in [0.25, 0.3) is 0 Å². The van der Waals surface area contributed by atoms with Crippen LogP contribution in [0.5, 0.6) is 0 Å². The number of carboxylic acids is 1. The van der Waals surface area contributed by atoms with Gasteiger partial charge in [0, 0.05) is 12.8 Å². The topological polar surface area (TPSA) is 108 Å². The molecule has 0 radical (unpaired) electrons. The van der Waals surface area contributed by atoms with Gasteiger partial charge in [-0.3, -0.25) is 9.59 Å². The molecule has 1 N–H and O–H groups in total. The molecule has 0 rings (SSSR count). The summed E-state index contributed by atoms with van der Waals surface area (Å²) in [6.45, 7) is 4.88. The van der Waals surface area contributed by atoms with Crippen LogP contribution in [0.2, 0.25) is 0 Å². The standard InChI is InChI=1S/C59H113NO8/c1-6-8-10-12-14-16-17-18-19-20-21-22-23-24-25-26-27-28-29-30-31-32-33-34-35-36-37-38-39-40-41-42-44-46-48-50-57(62)68-55(54-67-59(58(63)64)65-52-51-60(3,4)5)53-66-56(61)49-47-45-43-15-13-11-9-7-2/h20-21,55,59H,6-19,22-54H2,1-5H3/p+1/b21-20-. The van der Waals surface area contributed by atoms with E-state index < -0.39 is 18.4 Å². The second-order valence-corrected chi connectivity index (χ2v) is 21.3. The van der Waals surface area contributed by atoms with Crippen LogP contribution in [0, 0.1) is 0 Å². The van der Waals surface area contributed by atoms with E-state index >= 15 is 0 Å². The van der Waals surface area contributed by atoms with Crippen LogP contribution in [0.4, 0.5) is 0 Å². The second-order valence-electron chi connectivity index (χ2n) is 21.3. The van der Waals surface area contributed by atoms with Crippen molar-refractivity contribution in [1.82, 2.24) is 0 Å². The van der Waals surface area contributed by atoms with Gasteiger partial charge in [0.25, 0.3) is 6.29 Å². The molecule has 0 aromatic heterocycles. The molecule has 402 valence electrons. The van der Waals surface area contributed by atoms with Gasteiger partial charge < -0.3 is 28.5 Å². The number of hydrogen-bond donors (Lipinski definition) is 1. The van der Waals surface area contributed by atoms with Gasteiger partial charge in [0.2, 0.25) is 0 Å². The Hall–Kier alpha value is -1.97. The average molecular weight is 966 g/mol. The molecule has 0 aromatic rings. The monoisotopic (exact) mass is 965 g/mol. The Morgan fingerprint density at radius 2 is 0.750 bits per heavy atom. The number of allylic oxidation sites excluding steroid dienone is 2. The fraction of sp³-hybridized carbons (Fsp3) is 0.915. The third-order valence-corrected chi connectivity index (χ3v) is 13.3. The quantitative estimate of drug-likeness (QED) is 0.0211. The van der Waals surface area contributed by atoms with Gasteiger partial charge in [-0.1, -0.05) is 251 Å². The summed E-state index contributed by atoms with van der Waals surface area (Å²) in [6.07, 6.45) is 56.3. The molecule has 0 aliphatic heterocycles. The van der Waals surface area contributed by atoms with Crippen LogP contribution < -0.4 is 0 Å². The number of likely N-dealkylation sites (N-methyl/N-ethyl adjacent to an activating group) is 1. The Labute approximate surface area is 421 Å². The zero-order valence-corrected chi connectivity index (χ0v) is 45.8. The highest BCUT2D eigenvalue weighted by molar-refractivity contribution is 5.71. The maximum Gasteiger partial charge on any atom is 0.361 e. The Morgan fingerprint density at radius 1 is 0.426 bits per heavy atom. The molecule has 68 heavy (non-hydrogen) atoms. The van der Waals surface area contributed by atoms with Crippen molar-refractivity contribution >= 4 is 17.9 Å². The van der Waals surface area contributed by atoms with Crippen molar-refractivity contribution in [3.8, 4) is 0 Å². The van der Waals surface area contributed by atoms with Crippen LogP contribution in [-0.4, -0.2) is 87.4 Å². The lowest BCUT2D eigenvalue weighted by Crippen LogP contribution is -2.40. The minimum atomic E-state index is -1.50. The van der Waals surface area contributed by atoms with Gasteiger partial charge in [-0.05, 0) is 38.5 Å². The molecule has 2 unspecified atom stereocenters. The fourth-order valence-electron chi connectivity index (χ4n) is 8.72. The van der Waals surface area contributed by atoms with Crippen molar-refractivity contribution in [3.63, 3.8) is 0 Å². The number of carboxylic acid groups (broad SMARTS) is 1. The number of carbonyl (C=O) groups is 3. The predicted octanol–water partition coefficient (Wildman–Crippen LogP) is 17.0. The van der Waals surface area contributed by atoms with Crippen molar-refractivity contribution in [2.75, 3.05) is 47.5 Å². The molecule has 0 heterocycles. The molecule has 0 saturated heterocycles. The van der Waals surface area contributed by atoms with E-state index in [1.54, 1.807) is 0 Å². The fourth-order valence-corrected chi connectivity index (χ4v) is 8.72. The first-order valence-corrected chi connectivity index (χ1v) is 29.4. The lowest BCUT2D eigenvalue weighted by Gasteiger charge is -2.25. The number of nitrogens with zero attached hydrogens (tertiary/aromatic N) is 1. The van der Waals surface area contributed by atoms with Crippen molar-refractivity contribution in [1.29, 1.82) is 0 Å². The van der Waals surface area contributed by atoms with Crippen LogP contribution >= 0.6 is 0 Å². The van der Waals surface area contributed by atoms with Gasteiger partial charge in [-0.2, -0.15) is 0 Å². The Bertz CT molecular complexity index is 1120. The number of ether oxygens (including phenoxy) is 4. The minimum Gasteiger partial charge on any atom is -0.477 e. The molecular weight excluding hydrogens is 851 g/mol. The van der Waals surface area contributed by atoms with Crippen LogP contribution in [0.1, 0.15) is 290 Å². The van der Waals surface area contributed by atoms with E-state index in [9.17, 15) is 19.5 Å². The van der Waals surface area contributed by atoms with Gasteiger partial charge in [0.15, 0.2) is 6.10 Å². The molecule has 2 atom stereocenters. The van der Waals surface area contributed by atoms with E-state index in [4.69, 9.17) is 18.9 Å². The molecule has 0 bridgehead atoms. The molecule has 0 aromatic carbocycles. The van der Waals surface area contributed by atoms with Crippen molar-refractivity contribution in [3.05, 3.63) is 12.2 Å². The Kier molecular flexibility index (Phi) is 49.9. The lowest BCUT2D eigenvalue weighted by molar-refractivity contribution is -0.870. The zero-order chi connectivity index (χ0) is 49.9. The summed E-state index contributed by atoms with van der Waals surface area (Å²) >= 11 is 0. The molecule has 9 heteroatoms. The van der Waals surface area contributed by atoms with Gasteiger partial charge in [-0.15, -0.1) is 0 Å². The predicted molar refractivity (Wildman–Crippen MR) is 286 cm³/mol. The number of esters is 2. The number of carbonyl (C=O) groups excluding carboxylic acids is 2. The Morgan fingerprint density at radius 3 is 1.09 bits per heavy atom. The van der Waals surface area contributed by atoms with Gasteiger partial charge in [-0.25, -0.2) is 4.79 Å². The maximum absolute atomic E-state index is 12.8. The van der Waals surface area contributed by atoms with Gasteiger partial charge >= 0.3 is 17.9 Å². The molecule has 0 saturated carbocycles. The summed E-state index contributed by atoms with van der Waals surface area (Å²) in [5, 5.41) is 9.65. The summed E-state index contributed by atoms with van der Waals surface area (Å²) in [5.74, 6) is -1.99. The lowest BCUT2D eigenvalue weighted by atomic mass is 10.0. The molecular formula is C59H114NO8+. The van der Waals surface area contributed by atoms with Gasteiger partial charge in [0.05, 0.1) is 34.4 Å². The first kappa shape index (κ1) is 66.0. The van der Waals surface area contributed by atoms with E-state index in [-0.39, 0.29) is 38.2 Å². The van der Waals surface area contributed by atoms with Crippen LogP contribution in [0.15, 0.2) is 12.2 Å². The van der Waals surface area contributed by atoms with Crippen LogP contribution in [0.3, 0.4) is 0 Å². The van der Waals surface area contributed by atoms with E-state index in [1.807, 2.05) is 21.1 Å². The van der Waals surface area contributed by atoms with Crippen molar-refractivity contribution < 1.29 is 42.9 Å². The number of rotatable bonds is 55. The first-order valence-electron chi connectivity index (χ1n) is 29.4. The minimum absolute atomic E-state index is 0.175. The summed E-state index contributed by atoms with van der Waals surface area (Å²) in [7, 11) is 5.97. The smallest absolute Gasteiger partial charge is 0.361 e. The summed E-state index contributed by atoms with van der Waals surface area (Å²) in [4.78, 5) is 37.1. The van der Waals surface area contributed by atoms with Crippen LogP contribution in [-0.2, 0) is 33.3 Å². The molecule has 0 fully saturated rings. The maximum atomic E-state index is 12.8. The van der Waals surface area contributed by atoms with E-state index in [2.05, 4.69) is 26.0 Å². The highest BCUT2D eigenvalue weighted by Gasteiger charge is 2.25. The zero-order valence-electron chi connectivity index (χ0n) is 45.8. The highest BCUT2D eigenvalue weighted by Crippen LogP contribution is 2.17. The number of hydrogen-bond acceptors (Lipinski definition) is 7. The summed E-state index contributed by atoms with van der Waals surface area (Å²) in [5.41, 5.74) is 0. The molecule has 0 spiro atoms. The largest absolute Gasteiger partial charge is 0.477 e. The summed E-state index contributed by atoms with van der Waals surface area (Å²) < 4.78 is 22.8. The molecule has 9 nitrogen and oxygen atoms in total. The highest BCUT2D eigenvalue weighted by atomic mass is 16.7.